The van der Waals surface area contributed by atoms with Gasteiger partial charge < -0.3 is 5.32 Å². The zero-order valence-electron chi connectivity index (χ0n) is 12.2. The molecule has 1 aliphatic rings. The molecule has 1 fully saturated rings. The van der Waals surface area contributed by atoms with Crippen molar-refractivity contribution in [3.63, 3.8) is 0 Å². The molecule has 0 bridgehead atoms. The van der Waals surface area contributed by atoms with Crippen LogP contribution in [0.1, 0.15) is 32.3 Å². The van der Waals surface area contributed by atoms with E-state index < -0.39 is 0 Å². The highest BCUT2D eigenvalue weighted by atomic mass is 79.9. The Kier molecular flexibility index (Phi) is 5.61. The first-order chi connectivity index (χ1) is 9.54. The fourth-order valence-corrected chi connectivity index (χ4v) is 3.10. The third-order valence-corrected chi connectivity index (χ3v) is 4.18. The molecule has 1 aromatic rings. The average Bonchev–Trinajstić information content (AvgIpc) is 2.38. The molecule has 1 aliphatic heterocycles. The van der Waals surface area contributed by atoms with Crippen LogP contribution in [-0.2, 0) is 11.3 Å². The van der Waals surface area contributed by atoms with E-state index in [0.29, 0.717) is 0 Å². The topological polar surface area (TPSA) is 32.3 Å². The van der Waals surface area contributed by atoms with E-state index in [9.17, 15) is 4.79 Å². The number of carbonyl (C=O) groups excluding carboxylic acids is 1. The fraction of sp³-hybridized carbons (Fsp3) is 0.562. The molecule has 2 rings (SSSR count). The molecule has 110 valence electrons. The molecule has 0 unspecified atom stereocenters. The molecule has 1 saturated heterocycles. The normalized spacial score (nSPS) is 17.4. The lowest BCUT2D eigenvalue weighted by Gasteiger charge is -2.31. The number of nitrogens with zero attached hydrogens (tertiary/aromatic N) is 1. The first kappa shape index (κ1) is 15.5. The minimum absolute atomic E-state index is 0.191. The largest absolute Gasteiger partial charge is 0.354 e. The van der Waals surface area contributed by atoms with E-state index in [-0.39, 0.29) is 17.9 Å². The zero-order chi connectivity index (χ0) is 14.5. The number of piperidine rings is 1. The Labute approximate surface area is 129 Å². The molecule has 0 radical (unpaired) electrons. The van der Waals surface area contributed by atoms with E-state index in [1.165, 1.54) is 5.56 Å². The number of halogens is 1. The van der Waals surface area contributed by atoms with Gasteiger partial charge in [-0.05, 0) is 57.5 Å². The maximum Gasteiger partial charge on any atom is 0.223 e. The molecule has 4 heteroatoms. The summed E-state index contributed by atoms with van der Waals surface area (Å²) in [5.41, 5.74) is 1.32. The van der Waals surface area contributed by atoms with Crippen molar-refractivity contribution < 1.29 is 4.79 Å². The van der Waals surface area contributed by atoms with Crippen molar-refractivity contribution in [2.45, 2.75) is 39.3 Å². The van der Waals surface area contributed by atoms with E-state index >= 15 is 0 Å². The van der Waals surface area contributed by atoms with Gasteiger partial charge in [-0.1, -0.05) is 28.1 Å². The first-order valence-electron chi connectivity index (χ1n) is 7.32. The molecule has 0 aliphatic carbocycles. The zero-order valence-corrected chi connectivity index (χ0v) is 13.8. The summed E-state index contributed by atoms with van der Waals surface area (Å²) in [6.07, 6.45) is 1.93. The molecule has 0 saturated carbocycles. The molecular formula is C16H23BrN2O. The number of rotatable bonds is 4. The second-order valence-corrected chi connectivity index (χ2v) is 6.76. The lowest BCUT2D eigenvalue weighted by molar-refractivity contribution is -0.127. The van der Waals surface area contributed by atoms with Gasteiger partial charge in [-0.2, -0.15) is 0 Å². The third kappa shape index (κ3) is 4.60. The van der Waals surface area contributed by atoms with Crippen molar-refractivity contribution in [1.82, 2.24) is 10.2 Å². The molecule has 1 amide bonds. The second-order valence-electron chi connectivity index (χ2n) is 5.84. The van der Waals surface area contributed by atoms with Crippen molar-refractivity contribution in [3.8, 4) is 0 Å². The van der Waals surface area contributed by atoms with Gasteiger partial charge in [0.15, 0.2) is 0 Å². The SMILES string of the molecule is CC(C)NC(=O)C1CCN(Cc2cccc(Br)c2)CC1. The van der Waals surface area contributed by atoms with Crippen LogP contribution >= 0.6 is 15.9 Å². The molecule has 1 heterocycles. The Hall–Kier alpha value is -0.870. The van der Waals surface area contributed by atoms with E-state index in [0.717, 1.165) is 36.9 Å². The summed E-state index contributed by atoms with van der Waals surface area (Å²) < 4.78 is 1.13. The first-order valence-corrected chi connectivity index (χ1v) is 8.11. The summed E-state index contributed by atoms with van der Waals surface area (Å²) in [7, 11) is 0. The maximum absolute atomic E-state index is 12.0. The van der Waals surface area contributed by atoms with Crippen LogP contribution in [0.4, 0.5) is 0 Å². The number of hydrogen-bond acceptors (Lipinski definition) is 2. The summed E-state index contributed by atoms with van der Waals surface area (Å²) in [5.74, 6) is 0.415. The van der Waals surface area contributed by atoms with Crippen molar-refractivity contribution in [2.24, 2.45) is 5.92 Å². The Morgan fingerprint density at radius 3 is 2.70 bits per heavy atom. The van der Waals surface area contributed by atoms with Crippen LogP contribution in [0.3, 0.4) is 0 Å². The minimum Gasteiger partial charge on any atom is -0.354 e. The van der Waals surface area contributed by atoms with E-state index in [1.54, 1.807) is 0 Å². The minimum atomic E-state index is 0.191. The highest BCUT2D eigenvalue weighted by molar-refractivity contribution is 9.10. The maximum atomic E-state index is 12.0. The molecule has 20 heavy (non-hydrogen) atoms. The van der Waals surface area contributed by atoms with Gasteiger partial charge >= 0.3 is 0 Å². The quantitative estimate of drug-likeness (QED) is 0.914. The van der Waals surface area contributed by atoms with Gasteiger partial charge in [0.05, 0.1) is 0 Å². The number of hydrogen-bond donors (Lipinski definition) is 1. The molecule has 0 aromatic heterocycles. The third-order valence-electron chi connectivity index (χ3n) is 3.68. The molecule has 1 aromatic carbocycles. The summed E-state index contributed by atoms with van der Waals surface area (Å²) in [4.78, 5) is 14.4. The lowest BCUT2D eigenvalue weighted by Crippen LogP contribution is -2.42. The van der Waals surface area contributed by atoms with Crippen LogP contribution in [-0.4, -0.2) is 29.9 Å². The number of likely N-dealkylation sites (tertiary alicyclic amines) is 1. The predicted molar refractivity (Wildman–Crippen MR) is 85.4 cm³/mol. The van der Waals surface area contributed by atoms with Gasteiger partial charge in [0.1, 0.15) is 0 Å². The molecular weight excluding hydrogens is 316 g/mol. The molecule has 3 nitrogen and oxygen atoms in total. The molecule has 0 spiro atoms. The standard InChI is InChI=1S/C16H23BrN2O/c1-12(2)18-16(20)14-6-8-19(9-7-14)11-13-4-3-5-15(17)10-13/h3-5,10,12,14H,6-9,11H2,1-2H3,(H,18,20). The smallest absolute Gasteiger partial charge is 0.223 e. The summed E-state index contributed by atoms with van der Waals surface area (Å²) in [5, 5.41) is 3.02. The van der Waals surface area contributed by atoms with Crippen LogP contribution in [0.25, 0.3) is 0 Å². The second kappa shape index (κ2) is 7.23. The Bertz CT molecular complexity index is 454. The molecule has 1 N–H and O–H groups in total. The Morgan fingerprint density at radius 2 is 2.10 bits per heavy atom. The summed E-state index contributed by atoms with van der Waals surface area (Å²) in [6, 6.07) is 8.68. The van der Waals surface area contributed by atoms with Crippen LogP contribution < -0.4 is 5.32 Å². The highest BCUT2D eigenvalue weighted by Crippen LogP contribution is 2.20. The number of carbonyl (C=O) groups is 1. The van der Waals surface area contributed by atoms with Gasteiger partial charge in [0, 0.05) is 23.0 Å². The predicted octanol–water partition coefficient (Wildman–Crippen LogP) is 3.19. The van der Waals surface area contributed by atoms with Gasteiger partial charge in [-0.15, -0.1) is 0 Å². The summed E-state index contributed by atoms with van der Waals surface area (Å²) in [6.45, 7) is 7.00. The van der Waals surface area contributed by atoms with Crippen molar-refractivity contribution in [2.75, 3.05) is 13.1 Å². The monoisotopic (exact) mass is 338 g/mol. The summed E-state index contributed by atoms with van der Waals surface area (Å²) >= 11 is 3.51. The van der Waals surface area contributed by atoms with Crippen LogP contribution in [0.15, 0.2) is 28.7 Å². The highest BCUT2D eigenvalue weighted by Gasteiger charge is 2.25. The van der Waals surface area contributed by atoms with Gasteiger partial charge in [0.25, 0.3) is 0 Å². The number of benzene rings is 1. The number of amides is 1. The average molecular weight is 339 g/mol. The Morgan fingerprint density at radius 1 is 1.40 bits per heavy atom. The van der Waals surface area contributed by atoms with E-state index in [4.69, 9.17) is 0 Å². The fourth-order valence-electron chi connectivity index (χ4n) is 2.65. The lowest BCUT2D eigenvalue weighted by atomic mass is 9.95. The molecule has 0 atom stereocenters. The van der Waals surface area contributed by atoms with Crippen LogP contribution in [0, 0.1) is 5.92 Å². The van der Waals surface area contributed by atoms with E-state index in [1.807, 2.05) is 19.9 Å². The van der Waals surface area contributed by atoms with Crippen LogP contribution in [0.2, 0.25) is 0 Å². The van der Waals surface area contributed by atoms with Gasteiger partial charge in [-0.25, -0.2) is 0 Å². The van der Waals surface area contributed by atoms with Gasteiger partial charge in [-0.3, -0.25) is 9.69 Å². The van der Waals surface area contributed by atoms with Crippen molar-refractivity contribution >= 4 is 21.8 Å². The van der Waals surface area contributed by atoms with Crippen LogP contribution in [0.5, 0.6) is 0 Å². The van der Waals surface area contributed by atoms with Gasteiger partial charge in [0.2, 0.25) is 5.91 Å². The van der Waals surface area contributed by atoms with E-state index in [2.05, 4.69) is 44.3 Å². The van der Waals surface area contributed by atoms with Crippen molar-refractivity contribution in [3.05, 3.63) is 34.3 Å². The Balaban J connectivity index is 1.81. The van der Waals surface area contributed by atoms with Crippen molar-refractivity contribution in [1.29, 1.82) is 0 Å². The number of nitrogens with one attached hydrogen (secondary N) is 1.